The summed E-state index contributed by atoms with van der Waals surface area (Å²) in [5.74, 6) is 2.42. The second kappa shape index (κ2) is 4.86. The Morgan fingerprint density at radius 3 is 2.55 bits per heavy atom. The molecular weight excluding hydrogens is 246 g/mol. The molecule has 1 radical (unpaired) electrons. The monoisotopic (exact) mass is 264 g/mol. The van der Waals surface area contributed by atoms with Crippen LogP contribution in [-0.4, -0.2) is 0 Å². The van der Waals surface area contributed by atoms with Crippen molar-refractivity contribution in [3.8, 4) is 11.5 Å². The lowest BCUT2D eigenvalue weighted by Gasteiger charge is -2.27. The third-order valence-electron chi connectivity index (χ3n) is 4.39. The summed E-state index contributed by atoms with van der Waals surface area (Å²) in [7, 11) is 0. The predicted octanol–water partition coefficient (Wildman–Crippen LogP) is 5.41. The summed E-state index contributed by atoms with van der Waals surface area (Å²) in [5.41, 5.74) is 3.37. The summed E-state index contributed by atoms with van der Waals surface area (Å²) in [4.78, 5) is 0. The molecule has 101 valence electrons. The molecule has 0 spiro atoms. The van der Waals surface area contributed by atoms with E-state index in [2.05, 4.69) is 12.1 Å². The van der Waals surface area contributed by atoms with Crippen LogP contribution >= 0.6 is 0 Å². The Morgan fingerprint density at radius 2 is 1.65 bits per heavy atom. The summed E-state index contributed by atoms with van der Waals surface area (Å²) in [6.07, 6.45) is 6.63. The fourth-order valence-corrected chi connectivity index (χ4v) is 3.36. The molecule has 0 bridgehead atoms. The summed E-state index contributed by atoms with van der Waals surface area (Å²) in [5, 5.41) is 4.86. The smallest absolute Gasteiger partial charge is 0.153 e. The average Bonchev–Trinajstić information content (AvgIpc) is 2.53. The predicted molar refractivity (Wildman–Crippen MR) is 80.2 cm³/mol. The zero-order valence-corrected chi connectivity index (χ0v) is 11.5. The van der Waals surface area contributed by atoms with Gasteiger partial charge < -0.3 is 4.74 Å². The first-order valence-corrected chi connectivity index (χ1v) is 7.53. The van der Waals surface area contributed by atoms with Crippen LogP contribution in [0, 0.1) is 0 Å². The third kappa shape index (κ3) is 1.96. The highest BCUT2D eigenvalue weighted by Gasteiger charge is 2.25. The molecule has 2 aliphatic rings. The zero-order chi connectivity index (χ0) is 13.4. The number of para-hydroxylation sites is 3. The van der Waals surface area contributed by atoms with Crippen LogP contribution in [0.3, 0.4) is 0 Å². The zero-order valence-electron chi connectivity index (χ0n) is 11.5. The van der Waals surface area contributed by atoms with Gasteiger partial charge in [-0.1, -0.05) is 43.5 Å². The Hall–Kier alpha value is -1.96. The van der Waals surface area contributed by atoms with E-state index in [1.165, 1.54) is 37.7 Å². The Kier molecular flexibility index (Phi) is 2.87. The lowest BCUT2D eigenvalue weighted by molar-refractivity contribution is 0.436. The van der Waals surface area contributed by atoms with Crippen molar-refractivity contribution in [1.29, 1.82) is 0 Å². The van der Waals surface area contributed by atoms with Crippen molar-refractivity contribution >= 4 is 11.4 Å². The fourth-order valence-electron chi connectivity index (χ4n) is 3.36. The van der Waals surface area contributed by atoms with Crippen LogP contribution < -0.4 is 10.1 Å². The second-order valence-corrected chi connectivity index (χ2v) is 5.71. The topological polar surface area (TPSA) is 23.3 Å². The van der Waals surface area contributed by atoms with E-state index in [0.717, 1.165) is 22.9 Å². The number of ether oxygens (including phenoxy) is 1. The molecule has 2 aromatic rings. The Morgan fingerprint density at radius 1 is 0.850 bits per heavy atom. The van der Waals surface area contributed by atoms with Gasteiger partial charge >= 0.3 is 0 Å². The van der Waals surface area contributed by atoms with E-state index in [1.54, 1.807) is 0 Å². The molecule has 0 N–H and O–H groups in total. The Bertz CT molecular complexity index is 629. The van der Waals surface area contributed by atoms with Gasteiger partial charge in [0.15, 0.2) is 11.5 Å². The van der Waals surface area contributed by atoms with E-state index < -0.39 is 0 Å². The molecular formula is C18H18NO. The highest BCUT2D eigenvalue weighted by Crippen LogP contribution is 2.47. The quantitative estimate of drug-likeness (QED) is 0.576. The van der Waals surface area contributed by atoms with Crippen molar-refractivity contribution < 1.29 is 4.74 Å². The minimum atomic E-state index is 0.649. The lowest BCUT2D eigenvalue weighted by atomic mass is 9.83. The summed E-state index contributed by atoms with van der Waals surface area (Å²) >= 11 is 0. The molecule has 0 atom stereocenters. The highest BCUT2D eigenvalue weighted by molar-refractivity contribution is 5.70. The van der Waals surface area contributed by atoms with Gasteiger partial charge in [0.05, 0.1) is 0 Å². The molecule has 1 aliphatic carbocycles. The molecule has 20 heavy (non-hydrogen) atoms. The summed E-state index contributed by atoms with van der Waals surface area (Å²) < 4.78 is 6.02. The van der Waals surface area contributed by atoms with Crippen LogP contribution in [0.1, 0.15) is 43.6 Å². The van der Waals surface area contributed by atoms with Crippen LogP contribution in [0.4, 0.5) is 11.4 Å². The number of benzene rings is 2. The van der Waals surface area contributed by atoms with Crippen molar-refractivity contribution in [1.82, 2.24) is 5.32 Å². The van der Waals surface area contributed by atoms with E-state index in [-0.39, 0.29) is 0 Å². The molecule has 0 saturated heterocycles. The summed E-state index contributed by atoms with van der Waals surface area (Å²) in [6.45, 7) is 0. The molecule has 1 fully saturated rings. The SMILES string of the molecule is c1ccc2c(c1)[N]c1c(cccc1C1CCCCC1)O2. The van der Waals surface area contributed by atoms with Gasteiger partial charge in [0.25, 0.3) is 0 Å². The molecule has 0 amide bonds. The first kappa shape index (κ1) is 11.8. The minimum Gasteiger partial charge on any atom is -0.453 e. The molecule has 2 aromatic carbocycles. The number of hydrogen-bond donors (Lipinski definition) is 0. The Labute approximate surface area is 119 Å². The van der Waals surface area contributed by atoms with Gasteiger partial charge in [-0.15, -0.1) is 0 Å². The van der Waals surface area contributed by atoms with Gasteiger partial charge in [0.2, 0.25) is 0 Å². The fraction of sp³-hybridized carbons (Fsp3) is 0.333. The van der Waals surface area contributed by atoms with Gasteiger partial charge in [0, 0.05) is 0 Å². The largest absolute Gasteiger partial charge is 0.453 e. The van der Waals surface area contributed by atoms with Crippen LogP contribution in [-0.2, 0) is 0 Å². The molecule has 4 rings (SSSR count). The van der Waals surface area contributed by atoms with Gasteiger partial charge in [-0.25, -0.2) is 5.32 Å². The maximum Gasteiger partial charge on any atom is 0.153 e. The molecule has 2 nitrogen and oxygen atoms in total. The Balaban J connectivity index is 1.74. The molecule has 2 heteroatoms. The van der Waals surface area contributed by atoms with Gasteiger partial charge in [-0.3, -0.25) is 0 Å². The van der Waals surface area contributed by atoms with E-state index in [1.807, 2.05) is 30.3 Å². The van der Waals surface area contributed by atoms with Crippen molar-refractivity contribution in [2.24, 2.45) is 0 Å². The van der Waals surface area contributed by atoms with E-state index >= 15 is 0 Å². The molecule has 0 unspecified atom stereocenters. The van der Waals surface area contributed by atoms with Crippen molar-refractivity contribution in [3.05, 3.63) is 48.0 Å². The first-order chi connectivity index (χ1) is 9.92. The maximum atomic E-state index is 6.02. The van der Waals surface area contributed by atoms with Gasteiger partial charge in [0.1, 0.15) is 11.4 Å². The number of nitrogens with zero attached hydrogens (tertiary/aromatic N) is 1. The van der Waals surface area contributed by atoms with E-state index in [0.29, 0.717) is 5.92 Å². The normalized spacial score (nSPS) is 17.6. The van der Waals surface area contributed by atoms with Crippen LogP contribution in [0.25, 0.3) is 0 Å². The lowest BCUT2D eigenvalue weighted by Crippen LogP contribution is -2.10. The van der Waals surface area contributed by atoms with Crippen molar-refractivity contribution in [3.63, 3.8) is 0 Å². The van der Waals surface area contributed by atoms with Crippen molar-refractivity contribution in [2.75, 3.05) is 0 Å². The van der Waals surface area contributed by atoms with Crippen LogP contribution in [0.5, 0.6) is 11.5 Å². The van der Waals surface area contributed by atoms with Crippen molar-refractivity contribution in [2.45, 2.75) is 38.0 Å². The van der Waals surface area contributed by atoms with Gasteiger partial charge in [-0.05, 0) is 42.5 Å². The summed E-state index contributed by atoms with van der Waals surface area (Å²) in [6, 6.07) is 14.4. The maximum absolute atomic E-state index is 6.02. The standard InChI is InChI=1S/C18H18NO/c1-2-7-13(8-3-1)14-9-6-12-17-18(14)19-15-10-4-5-11-16(15)20-17/h4-6,9-13H,1-3,7-8H2. The molecule has 1 saturated carbocycles. The van der Waals surface area contributed by atoms with Crippen LogP contribution in [0.15, 0.2) is 42.5 Å². The second-order valence-electron chi connectivity index (χ2n) is 5.71. The van der Waals surface area contributed by atoms with E-state index in [9.17, 15) is 0 Å². The molecule has 0 aromatic heterocycles. The van der Waals surface area contributed by atoms with Crippen LogP contribution in [0.2, 0.25) is 0 Å². The van der Waals surface area contributed by atoms with Gasteiger partial charge in [-0.2, -0.15) is 0 Å². The number of rotatable bonds is 1. The third-order valence-corrected chi connectivity index (χ3v) is 4.39. The molecule has 1 heterocycles. The molecule has 1 aliphatic heterocycles. The first-order valence-electron chi connectivity index (χ1n) is 7.53. The minimum absolute atomic E-state index is 0.649. The number of fused-ring (bicyclic) bond motifs is 2. The number of hydrogen-bond acceptors (Lipinski definition) is 1. The average molecular weight is 264 g/mol. The van der Waals surface area contributed by atoms with E-state index in [4.69, 9.17) is 10.1 Å². The highest BCUT2D eigenvalue weighted by atomic mass is 16.5.